The van der Waals surface area contributed by atoms with Gasteiger partial charge in [0, 0.05) is 19.2 Å². The van der Waals surface area contributed by atoms with Gasteiger partial charge in [-0.05, 0) is 54.4 Å². The minimum atomic E-state index is -3.69. The molecule has 1 N–H and O–H groups in total. The highest BCUT2D eigenvalue weighted by atomic mass is 32.2. The number of carboxylic acid groups (broad SMARTS) is 1. The van der Waals surface area contributed by atoms with E-state index in [-0.39, 0.29) is 11.4 Å². The molecule has 0 unspecified atom stereocenters. The number of benzene rings is 3. The van der Waals surface area contributed by atoms with Gasteiger partial charge in [0.2, 0.25) is 10.0 Å². The smallest absolute Gasteiger partial charge is 0.341 e. The lowest BCUT2D eigenvalue weighted by Gasteiger charge is -2.19. The zero-order valence-electron chi connectivity index (χ0n) is 17.6. The predicted octanol–water partition coefficient (Wildman–Crippen LogP) is 3.82. The van der Waals surface area contributed by atoms with Crippen LogP contribution in [-0.4, -0.2) is 37.5 Å². The SMILES string of the molecule is Cc1ccc(S(=O)(=O)N(C)Cc2ccc(OCC(=O)O)c(-c3cccc(C#N)c3)c2)cc1. The molecule has 3 aromatic carbocycles. The van der Waals surface area contributed by atoms with Crippen molar-refractivity contribution in [1.29, 1.82) is 5.26 Å². The highest BCUT2D eigenvalue weighted by Crippen LogP contribution is 2.32. The van der Waals surface area contributed by atoms with E-state index in [0.717, 1.165) is 5.56 Å². The predicted molar refractivity (Wildman–Crippen MR) is 120 cm³/mol. The first-order chi connectivity index (χ1) is 15.2. The molecule has 0 bridgehead atoms. The van der Waals surface area contributed by atoms with E-state index in [4.69, 9.17) is 9.84 Å². The summed E-state index contributed by atoms with van der Waals surface area (Å²) in [5.41, 5.74) is 3.32. The first kappa shape index (κ1) is 23.0. The van der Waals surface area contributed by atoms with E-state index >= 15 is 0 Å². The van der Waals surface area contributed by atoms with Crippen molar-refractivity contribution < 1.29 is 23.1 Å². The van der Waals surface area contributed by atoms with E-state index in [1.165, 1.54) is 11.4 Å². The Kier molecular flexibility index (Phi) is 6.93. The van der Waals surface area contributed by atoms with Gasteiger partial charge in [-0.15, -0.1) is 0 Å². The van der Waals surface area contributed by atoms with Gasteiger partial charge in [-0.1, -0.05) is 35.9 Å². The minimum absolute atomic E-state index is 0.0976. The summed E-state index contributed by atoms with van der Waals surface area (Å²) in [4.78, 5) is 11.2. The quantitative estimate of drug-likeness (QED) is 0.559. The Balaban J connectivity index is 1.95. The summed E-state index contributed by atoms with van der Waals surface area (Å²) in [7, 11) is -2.19. The Morgan fingerprint density at radius 2 is 1.81 bits per heavy atom. The van der Waals surface area contributed by atoms with Crippen molar-refractivity contribution in [2.24, 2.45) is 0 Å². The molecule has 0 aromatic heterocycles. The van der Waals surface area contributed by atoms with Crippen LogP contribution in [-0.2, 0) is 21.4 Å². The number of hydrogen-bond donors (Lipinski definition) is 1. The van der Waals surface area contributed by atoms with Crippen molar-refractivity contribution in [3.05, 3.63) is 83.4 Å². The summed E-state index contributed by atoms with van der Waals surface area (Å²) in [6.07, 6.45) is 0. The standard InChI is InChI=1S/C24H22N2O5S/c1-17-6-9-21(10-7-17)32(29,30)26(2)15-19-8-11-23(31-16-24(27)28)22(13-19)20-5-3-4-18(12-20)14-25/h3-13H,15-16H2,1-2H3,(H,27,28). The maximum Gasteiger partial charge on any atom is 0.341 e. The molecule has 0 fully saturated rings. The van der Waals surface area contributed by atoms with Crippen molar-refractivity contribution in [1.82, 2.24) is 4.31 Å². The Bertz CT molecular complexity index is 1280. The molecule has 0 aliphatic carbocycles. The summed E-state index contributed by atoms with van der Waals surface area (Å²) in [5, 5.41) is 18.2. The summed E-state index contributed by atoms with van der Waals surface area (Å²) in [6.45, 7) is 1.46. The fourth-order valence-electron chi connectivity index (χ4n) is 3.15. The van der Waals surface area contributed by atoms with Crippen LogP contribution in [0.5, 0.6) is 5.75 Å². The number of aliphatic carboxylic acids is 1. The van der Waals surface area contributed by atoms with Crippen LogP contribution < -0.4 is 4.74 Å². The molecular weight excluding hydrogens is 428 g/mol. The Hall–Kier alpha value is -3.67. The lowest BCUT2D eigenvalue weighted by molar-refractivity contribution is -0.139. The summed E-state index contributed by atoms with van der Waals surface area (Å²) >= 11 is 0. The molecule has 32 heavy (non-hydrogen) atoms. The number of sulfonamides is 1. The molecule has 8 heteroatoms. The maximum atomic E-state index is 12.9. The second-order valence-corrected chi connectivity index (χ2v) is 9.32. The molecule has 0 heterocycles. The number of carbonyl (C=O) groups is 1. The average Bonchev–Trinajstić information content (AvgIpc) is 2.78. The van der Waals surface area contributed by atoms with Gasteiger partial charge in [-0.2, -0.15) is 9.57 Å². The van der Waals surface area contributed by atoms with E-state index in [2.05, 4.69) is 6.07 Å². The van der Waals surface area contributed by atoms with Crippen LogP contribution in [0.2, 0.25) is 0 Å². The third kappa shape index (κ3) is 5.32. The van der Waals surface area contributed by atoms with Gasteiger partial charge in [0.05, 0.1) is 16.5 Å². The summed E-state index contributed by atoms with van der Waals surface area (Å²) in [5.74, 6) is -0.787. The van der Waals surface area contributed by atoms with Crippen LogP contribution in [0.1, 0.15) is 16.7 Å². The van der Waals surface area contributed by atoms with E-state index < -0.39 is 22.6 Å². The van der Waals surface area contributed by atoms with Crippen LogP contribution in [0.3, 0.4) is 0 Å². The van der Waals surface area contributed by atoms with Gasteiger partial charge < -0.3 is 9.84 Å². The molecule has 0 aliphatic rings. The molecule has 3 rings (SSSR count). The van der Waals surface area contributed by atoms with Gasteiger partial charge in [-0.3, -0.25) is 0 Å². The van der Waals surface area contributed by atoms with Gasteiger partial charge in [0.15, 0.2) is 6.61 Å². The number of nitrogens with zero attached hydrogens (tertiary/aromatic N) is 2. The van der Waals surface area contributed by atoms with E-state index in [9.17, 15) is 18.5 Å². The van der Waals surface area contributed by atoms with Crippen molar-refractivity contribution in [2.45, 2.75) is 18.4 Å². The minimum Gasteiger partial charge on any atom is -0.481 e. The van der Waals surface area contributed by atoms with Crippen molar-refractivity contribution in [2.75, 3.05) is 13.7 Å². The van der Waals surface area contributed by atoms with Gasteiger partial charge in [0.1, 0.15) is 5.75 Å². The van der Waals surface area contributed by atoms with Crippen molar-refractivity contribution in [3.63, 3.8) is 0 Å². The molecule has 0 atom stereocenters. The van der Waals surface area contributed by atoms with Crippen LogP contribution in [0.15, 0.2) is 71.6 Å². The second-order valence-electron chi connectivity index (χ2n) is 7.28. The molecule has 0 amide bonds. The maximum absolute atomic E-state index is 12.9. The number of rotatable bonds is 8. The Labute approximate surface area is 187 Å². The molecule has 0 saturated carbocycles. The number of aryl methyl sites for hydroxylation is 1. The normalized spacial score (nSPS) is 11.2. The number of ether oxygens (including phenoxy) is 1. The van der Waals surface area contributed by atoms with E-state index in [0.29, 0.717) is 28.0 Å². The van der Waals surface area contributed by atoms with Gasteiger partial charge in [-0.25, -0.2) is 13.2 Å². The summed E-state index contributed by atoms with van der Waals surface area (Å²) < 4.78 is 32.5. The molecule has 0 radical (unpaired) electrons. The first-order valence-electron chi connectivity index (χ1n) is 9.72. The van der Waals surface area contributed by atoms with E-state index in [1.54, 1.807) is 66.7 Å². The Morgan fingerprint density at radius 3 is 2.47 bits per heavy atom. The summed E-state index contributed by atoms with van der Waals surface area (Å²) in [6, 6.07) is 20.6. The zero-order chi connectivity index (χ0) is 23.3. The fourth-order valence-corrected chi connectivity index (χ4v) is 4.31. The number of hydrogen-bond acceptors (Lipinski definition) is 5. The van der Waals surface area contributed by atoms with Crippen LogP contribution >= 0.6 is 0 Å². The number of carboxylic acids is 1. The molecule has 0 aliphatic heterocycles. The molecule has 0 spiro atoms. The molecule has 0 saturated heterocycles. The number of nitriles is 1. The van der Waals surface area contributed by atoms with Crippen LogP contribution in [0.4, 0.5) is 0 Å². The lowest BCUT2D eigenvalue weighted by atomic mass is 10.00. The molecule has 164 valence electrons. The second kappa shape index (κ2) is 9.64. The van der Waals surface area contributed by atoms with Crippen LogP contribution in [0.25, 0.3) is 11.1 Å². The molecule has 3 aromatic rings. The molecule has 7 nitrogen and oxygen atoms in total. The average molecular weight is 451 g/mol. The highest BCUT2D eigenvalue weighted by molar-refractivity contribution is 7.89. The molecular formula is C24H22N2O5S. The van der Waals surface area contributed by atoms with Crippen molar-refractivity contribution >= 4 is 16.0 Å². The highest BCUT2D eigenvalue weighted by Gasteiger charge is 2.21. The lowest BCUT2D eigenvalue weighted by Crippen LogP contribution is -2.26. The fraction of sp³-hybridized carbons (Fsp3) is 0.167. The largest absolute Gasteiger partial charge is 0.481 e. The third-order valence-corrected chi connectivity index (χ3v) is 6.65. The third-order valence-electron chi connectivity index (χ3n) is 4.83. The van der Waals surface area contributed by atoms with Crippen LogP contribution in [0, 0.1) is 18.3 Å². The van der Waals surface area contributed by atoms with Gasteiger partial charge >= 0.3 is 5.97 Å². The zero-order valence-corrected chi connectivity index (χ0v) is 18.5. The van der Waals surface area contributed by atoms with Crippen molar-refractivity contribution in [3.8, 4) is 22.9 Å². The van der Waals surface area contributed by atoms with Gasteiger partial charge in [0.25, 0.3) is 0 Å². The van der Waals surface area contributed by atoms with E-state index in [1.807, 2.05) is 6.92 Å². The monoisotopic (exact) mass is 450 g/mol. The first-order valence-corrected chi connectivity index (χ1v) is 11.2. The topological polar surface area (TPSA) is 108 Å². The Morgan fingerprint density at radius 1 is 1.09 bits per heavy atom.